The van der Waals surface area contributed by atoms with E-state index in [1.807, 2.05) is 13.8 Å². The number of amides is 1. The summed E-state index contributed by atoms with van der Waals surface area (Å²) in [6, 6.07) is 0. The molecule has 0 bridgehead atoms. The summed E-state index contributed by atoms with van der Waals surface area (Å²) in [6.45, 7) is 4.67. The van der Waals surface area contributed by atoms with Crippen LogP contribution in [0.15, 0.2) is 0 Å². The number of carbonyl (C=O) groups is 1. The number of hydrogen-bond donors (Lipinski definition) is 1. The van der Waals surface area contributed by atoms with Crippen LogP contribution in [0.3, 0.4) is 0 Å². The number of unbranched alkanes of at least 4 members (excludes halogenated alkanes) is 2. The molecule has 0 heterocycles. The first kappa shape index (κ1) is 17.0. The lowest BCUT2D eigenvalue weighted by Gasteiger charge is -2.18. The lowest BCUT2D eigenvalue weighted by Crippen LogP contribution is -2.19. The summed E-state index contributed by atoms with van der Waals surface area (Å²) in [7, 11) is -3.47. The van der Waals surface area contributed by atoms with Crippen LogP contribution in [-0.2, 0) is 13.6 Å². The van der Waals surface area contributed by atoms with Crippen LogP contribution >= 0.6 is 19.5 Å². The van der Waals surface area contributed by atoms with E-state index < -0.39 is 13.0 Å². The molecule has 7 heteroatoms. The summed E-state index contributed by atoms with van der Waals surface area (Å²) in [5.74, 6) is 0. The highest BCUT2D eigenvalue weighted by atomic mass is 32.2. The van der Waals surface area contributed by atoms with Crippen LogP contribution in [0.25, 0.3) is 0 Å². The molecule has 0 spiro atoms. The number of rotatable bonds is 9. The molecule has 0 fully saturated rings. The Balaban J connectivity index is 4.24. The van der Waals surface area contributed by atoms with Crippen molar-refractivity contribution in [3.8, 4) is 0 Å². The summed E-state index contributed by atoms with van der Waals surface area (Å²) in [5, 5.41) is 1.89. The van der Waals surface area contributed by atoms with Crippen LogP contribution in [0.4, 0.5) is 4.79 Å². The molecule has 102 valence electrons. The van der Waals surface area contributed by atoms with Crippen LogP contribution < -0.4 is 5.09 Å². The monoisotopic (exact) mass is 283 g/mol. The number of carbonyl (C=O) groups excluding carboxylic acids is 1. The summed E-state index contributed by atoms with van der Waals surface area (Å²) in [4.78, 5) is 11.2. The van der Waals surface area contributed by atoms with E-state index in [4.69, 9.17) is 9.05 Å². The van der Waals surface area contributed by atoms with Gasteiger partial charge in [0.15, 0.2) is 0 Å². The first-order valence-electron chi connectivity index (χ1n) is 5.83. The molecule has 0 rings (SSSR count). The van der Waals surface area contributed by atoms with Crippen LogP contribution in [0.5, 0.6) is 0 Å². The van der Waals surface area contributed by atoms with Gasteiger partial charge in [-0.25, -0.2) is 4.57 Å². The maximum absolute atomic E-state index is 12.1. The fourth-order valence-corrected chi connectivity index (χ4v) is 2.78. The molecule has 5 nitrogen and oxygen atoms in total. The first-order chi connectivity index (χ1) is 8.08. The van der Waals surface area contributed by atoms with Crippen LogP contribution in [-0.4, -0.2) is 24.7 Å². The quantitative estimate of drug-likeness (QED) is 0.515. The van der Waals surface area contributed by atoms with E-state index in [-0.39, 0.29) is 0 Å². The van der Waals surface area contributed by atoms with E-state index >= 15 is 0 Å². The minimum atomic E-state index is -3.47. The van der Waals surface area contributed by atoms with Crippen LogP contribution in [0.1, 0.15) is 39.5 Å². The normalized spacial score (nSPS) is 11.5. The minimum absolute atomic E-state index is 0.328. The fourth-order valence-electron chi connectivity index (χ4n) is 0.917. The smallest absolute Gasteiger partial charge is 0.292 e. The lowest BCUT2D eigenvalue weighted by molar-refractivity contribution is 0.192. The van der Waals surface area contributed by atoms with Gasteiger partial charge in [0.2, 0.25) is 0 Å². The second-order valence-corrected chi connectivity index (χ2v) is 5.99. The molecule has 0 saturated heterocycles. The molecule has 1 N–H and O–H groups in total. The van der Waals surface area contributed by atoms with Crippen molar-refractivity contribution < 1.29 is 18.4 Å². The zero-order valence-corrected chi connectivity index (χ0v) is 12.4. The predicted molar refractivity (Wildman–Crippen MR) is 71.4 cm³/mol. The molecule has 0 radical (unpaired) electrons. The van der Waals surface area contributed by atoms with Gasteiger partial charge in [0.25, 0.3) is 5.24 Å². The molecule has 1 amide bonds. The van der Waals surface area contributed by atoms with E-state index in [0.717, 1.165) is 37.4 Å². The maximum atomic E-state index is 12.1. The SMILES string of the molecule is CCCCOP(=O)(NC(=O)SC)OCCCC. The molecule has 17 heavy (non-hydrogen) atoms. The van der Waals surface area contributed by atoms with Gasteiger partial charge in [-0.05, 0) is 19.1 Å². The Bertz CT molecular complexity index is 249. The molecule has 0 unspecified atom stereocenters. The standard InChI is InChI=1S/C10H22NO4PS/c1-4-6-8-14-16(13,11-10(12)17-3)15-9-7-5-2/h4-9H2,1-3H3,(H,11,12,13). The van der Waals surface area contributed by atoms with Gasteiger partial charge in [0, 0.05) is 0 Å². The van der Waals surface area contributed by atoms with E-state index in [9.17, 15) is 9.36 Å². The van der Waals surface area contributed by atoms with Crippen molar-refractivity contribution in [3.05, 3.63) is 0 Å². The van der Waals surface area contributed by atoms with E-state index in [1.165, 1.54) is 0 Å². The Kier molecular flexibility index (Phi) is 9.93. The molecule has 0 aromatic carbocycles. The summed E-state index contributed by atoms with van der Waals surface area (Å²) in [6.07, 6.45) is 5.06. The highest BCUT2D eigenvalue weighted by molar-refractivity contribution is 8.13. The van der Waals surface area contributed by atoms with Crippen LogP contribution in [0.2, 0.25) is 0 Å². The molecule has 0 atom stereocenters. The van der Waals surface area contributed by atoms with Gasteiger partial charge in [0.1, 0.15) is 0 Å². The third-order valence-corrected chi connectivity index (χ3v) is 4.08. The van der Waals surface area contributed by atoms with Crippen molar-refractivity contribution in [1.82, 2.24) is 5.09 Å². The summed E-state index contributed by atoms with van der Waals surface area (Å²) in [5.41, 5.74) is 0. The summed E-state index contributed by atoms with van der Waals surface area (Å²) < 4.78 is 22.5. The molecule has 0 aliphatic carbocycles. The van der Waals surface area contributed by atoms with Gasteiger partial charge >= 0.3 is 7.75 Å². The molecule has 0 aliphatic heterocycles. The van der Waals surface area contributed by atoms with Crippen LogP contribution in [0, 0.1) is 0 Å². The molecule has 0 aromatic heterocycles. The van der Waals surface area contributed by atoms with Gasteiger partial charge in [-0.15, -0.1) is 0 Å². The molecule has 0 aliphatic rings. The third-order valence-electron chi connectivity index (χ3n) is 1.93. The van der Waals surface area contributed by atoms with Gasteiger partial charge < -0.3 is 0 Å². The van der Waals surface area contributed by atoms with Crippen molar-refractivity contribution in [2.24, 2.45) is 0 Å². The van der Waals surface area contributed by atoms with Crippen molar-refractivity contribution in [2.45, 2.75) is 39.5 Å². The predicted octanol–water partition coefficient (Wildman–Crippen LogP) is 3.80. The van der Waals surface area contributed by atoms with Gasteiger partial charge in [-0.3, -0.25) is 18.9 Å². The highest BCUT2D eigenvalue weighted by Crippen LogP contribution is 2.44. The Hall–Kier alpha value is -0.0300. The average molecular weight is 283 g/mol. The van der Waals surface area contributed by atoms with Gasteiger partial charge in [0.05, 0.1) is 13.2 Å². The Labute approximate surface area is 108 Å². The second kappa shape index (κ2) is 9.95. The largest absolute Gasteiger partial charge is 0.435 e. The van der Waals surface area contributed by atoms with Gasteiger partial charge in [-0.1, -0.05) is 38.5 Å². The molecular formula is C10H22NO4PS. The van der Waals surface area contributed by atoms with E-state index in [1.54, 1.807) is 6.26 Å². The van der Waals surface area contributed by atoms with Crippen molar-refractivity contribution in [2.75, 3.05) is 19.5 Å². The number of thioether (sulfide) groups is 1. The average Bonchev–Trinajstić information content (AvgIpc) is 2.29. The van der Waals surface area contributed by atoms with Crippen molar-refractivity contribution >= 4 is 24.7 Å². The third kappa shape index (κ3) is 8.66. The number of hydrogen-bond acceptors (Lipinski definition) is 5. The van der Waals surface area contributed by atoms with Crippen molar-refractivity contribution in [3.63, 3.8) is 0 Å². The minimum Gasteiger partial charge on any atom is -0.292 e. The van der Waals surface area contributed by atoms with Crippen molar-refractivity contribution in [1.29, 1.82) is 0 Å². The lowest BCUT2D eigenvalue weighted by atomic mass is 10.4. The fraction of sp³-hybridized carbons (Fsp3) is 0.900. The highest BCUT2D eigenvalue weighted by Gasteiger charge is 2.26. The number of nitrogens with one attached hydrogen (secondary N) is 1. The zero-order chi connectivity index (χ0) is 13.1. The topological polar surface area (TPSA) is 64.6 Å². The molecule has 0 saturated carbocycles. The Morgan fingerprint density at radius 3 is 2.00 bits per heavy atom. The van der Waals surface area contributed by atoms with Gasteiger partial charge in [-0.2, -0.15) is 0 Å². The molecular weight excluding hydrogens is 261 g/mol. The Morgan fingerprint density at radius 2 is 1.65 bits per heavy atom. The van der Waals surface area contributed by atoms with E-state index in [0.29, 0.717) is 13.2 Å². The molecule has 0 aromatic rings. The van der Waals surface area contributed by atoms with E-state index in [2.05, 4.69) is 5.09 Å². The zero-order valence-electron chi connectivity index (χ0n) is 10.7. The summed E-state index contributed by atoms with van der Waals surface area (Å²) >= 11 is 0.948. The second-order valence-electron chi connectivity index (χ2n) is 3.47. The first-order valence-corrected chi connectivity index (χ1v) is 8.60. The Morgan fingerprint density at radius 1 is 1.18 bits per heavy atom. The maximum Gasteiger partial charge on any atom is 0.435 e.